The summed E-state index contributed by atoms with van der Waals surface area (Å²) >= 11 is 3.45. The average molecular weight is 325 g/mol. The lowest BCUT2D eigenvalue weighted by Gasteiger charge is -2.06. The molecule has 3 aromatic rings. The number of nitriles is 1. The van der Waals surface area contributed by atoms with Gasteiger partial charge in [0.2, 0.25) is 5.88 Å². The van der Waals surface area contributed by atoms with Crippen LogP contribution in [0.25, 0.3) is 10.8 Å². The van der Waals surface area contributed by atoms with E-state index in [1.54, 1.807) is 12.1 Å². The van der Waals surface area contributed by atoms with Crippen molar-refractivity contribution in [3.63, 3.8) is 0 Å². The molecule has 0 bridgehead atoms. The predicted octanol–water partition coefficient (Wildman–Crippen LogP) is 4.66. The molecule has 0 aliphatic rings. The molecule has 0 saturated carbocycles. The molecule has 0 radical (unpaired) electrons. The third kappa shape index (κ3) is 2.63. The minimum atomic E-state index is 0.473. The van der Waals surface area contributed by atoms with E-state index in [2.05, 4.69) is 27.0 Å². The van der Waals surface area contributed by atoms with Crippen LogP contribution in [0.1, 0.15) is 5.56 Å². The molecule has 0 amide bonds. The van der Waals surface area contributed by atoms with Gasteiger partial charge in [0.15, 0.2) is 0 Å². The molecule has 3 nitrogen and oxygen atoms in total. The van der Waals surface area contributed by atoms with Crippen molar-refractivity contribution in [2.75, 3.05) is 0 Å². The summed E-state index contributed by atoms with van der Waals surface area (Å²) in [6.45, 7) is 0. The Morgan fingerprint density at radius 3 is 2.55 bits per heavy atom. The number of halogens is 1. The maximum Gasteiger partial charge on any atom is 0.219 e. The molecule has 4 heteroatoms. The lowest BCUT2D eigenvalue weighted by atomic mass is 10.1. The lowest BCUT2D eigenvalue weighted by molar-refractivity contribution is 0.463. The van der Waals surface area contributed by atoms with E-state index in [0.717, 1.165) is 21.0 Å². The van der Waals surface area contributed by atoms with Gasteiger partial charge >= 0.3 is 0 Å². The second-order valence-electron chi connectivity index (χ2n) is 4.25. The van der Waals surface area contributed by atoms with Gasteiger partial charge in [0.1, 0.15) is 11.8 Å². The molecule has 1 heterocycles. The SMILES string of the molecule is N#Cc1ccc(Oc2ccc3cc(Br)ccc3c2)nc1. The lowest BCUT2D eigenvalue weighted by Crippen LogP contribution is -1.88. The second-order valence-corrected chi connectivity index (χ2v) is 5.17. The minimum absolute atomic E-state index is 0.473. The number of hydrogen-bond acceptors (Lipinski definition) is 3. The van der Waals surface area contributed by atoms with Crippen LogP contribution in [-0.4, -0.2) is 4.98 Å². The van der Waals surface area contributed by atoms with Crippen LogP contribution in [0.2, 0.25) is 0 Å². The monoisotopic (exact) mass is 324 g/mol. The summed E-state index contributed by atoms with van der Waals surface area (Å²) in [7, 11) is 0. The Morgan fingerprint density at radius 1 is 1.00 bits per heavy atom. The van der Waals surface area contributed by atoms with Crippen molar-refractivity contribution in [1.82, 2.24) is 4.98 Å². The summed E-state index contributed by atoms with van der Waals surface area (Å²) in [6, 6.07) is 17.3. The third-order valence-electron chi connectivity index (χ3n) is 2.86. The quantitative estimate of drug-likeness (QED) is 0.688. The van der Waals surface area contributed by atoms with Crippen molar-refractivity contribution in [2.45, 2.75) is 0 Å². The first kappa shape index (κ1) is 12.6. The average Bonchev–Trinajstić information content (AvgIpc) is 2.48. The van der Waals surface area contributed by atoms with Crippen molar-refractivity contribution in [1.29, 1.82) is 5.26 Å². The van der Waals surface area contributed by atoms with Gasteiger partial charge in [-0.2, -0.15) is 5.26 Å². The molecule has 0 N–H and O–H groups in total. The number of fused-ring (bicyclic) bond motifs is 1. The number of benzene rings is 2. The molecule has 0 spiro atoms. The molecule has 0 fully saturated rings. The maximum absolute atomic E-state index is 8.72. The van der Waals surface area contributed by atoms with E-state index in [1.165, 1.54) is 6.20 Å². The van der Waals surface area contributed by atoms with Gasteiger partial charge in [0.25, 0.3) is 0 Å². The molecule has 3 rings (SSSR count). The van der Waals surface area contributed by atoms with Crippen molar-refractivity contribution < 1.29 is 4.74 Å². The fourth-order valence-electron chi connectivity index (χ4n) is 1.89. The van der Waals surface area contributed by atoms with Crippen molar-refractivity contribution in [2.24, 2.45) is 0 Å². The van der Waals surface area contributed by atoms with E-state index >= 15 is 0 Å². The first-order chi connectivity index (χ1) is 9.74. The fraction of sp³-hybridized carbons (Fsp3) is 0. The van der Waals surface area contributed by atoms with Crippen molar-refractivity contribution in [3.05, 3.63) is 64.8 Å². The van der Waals surface area contributed by atoms with Gasteiger partial charge in [0, 0.05) is 16.7 Å². The summed E-state index contributed by atoms with van der Waals surface area (Å²) in [5.41, 5.74) is 0.515. The number of nitrogens with zero attached hydrogens (tertiary/aromatic N) is 2. The third-order valence-corrected chi connectivity index (χ3v) is 3.35. The van der Waals surface area contributed by atoms with E-state index in [1.807, 2.05) is 36.4 Å². The second kappa shape index (κ2) is 5.32. The van der Waals surface area contributed by atoms with Crippen molar-refractivity contribution >= 4 is 26.7 Å². The van der Waals surface area contributed by atoms with Gasteiger partial charge in [0.05, 0.1) is 5.56 Å². The van der Waals surface area contributed by atoms with E-state index < -0.39 is 0 Å². The molecular weight excluding hydrogens is 316 g/mol. The van der Waals surface area contributed by atoms with Crippen LogP contribution >= 0.6 is 15.9 Å². The molecule has 96 valence electrons. The normalized spacial score (nSPS) is 10.2. The predicted molar refractivity (Wildman–Crippen MR) is 80.7 cm³/mol. The highest BCUT2D eigenvalue weighted by Gasteiger charge is 2.01. The van der Waals surface area contributed by atoms with E-state index in [4.69, 9.17) is 10.00 Å². The van der Waals surface area contributed by atoms with E-state index in [9.17, 15) is 0 Å². The highest BCUT2D eigenvalue weighted by atomic mass is 79.9. The van der Waals surface area contributed by atoms with Crippen LogP contribution in [0.5, 0.6) is 11.6 Å². The molecule has 0 aliphatic carbocycles. The van der Waals surface area contributed by atoms with Gasteiger partial charge in [-0.3, -0.25) is 0 Å². The Balaban J connectivity index is 1.90. The Hall–Kier alpha value is -2.38. The van der Waals surface area contributed by atoms with Gasteiger partial charge in [-0.1, -0.05) is 28.1 Å². The topological polar surface area (TPSA) is 45.9 Å². The zero-order valence-corrected chi connectivity index (χ0v) is 12.0. The highest BCUT2D eigenvalue weighted by Crippen LogP contribution is 2.26. The molecule has 2 aromatic carbocycles. The van der Waals surface area contributed by atoms with Crippen LogP contribution in [0.15, 0.2) is 59.2 Å². The van der Waals surface area contributed by atoms with Gasteiger partial charge in [-0.25, -0.2) is 4.98 Å². The highest BCUT2D eigenvalue weighted by molar-refractivity contribution is 9.10. The van der Waals surface area contributed by atoms with E-state index in [0.29, 0.717) is 11.4 Å². The summed E-state index contributed by atoms with van der Waals surface area (Å²) in [5, 5.41) is 11.0. The zero-order chi connectivity index (χ0) is 13.9. The largest absolute Gasteiger partial charge is 0.439 e. The van der Waals surface area contributed by atoms with Crippen LogP contribution < -0.4 is 4.74 Å². The van der Waals surface area contributed by atoms with Gasteiger partial charge in [-0.05, 0) is 41.1 Å². The van der Waals surface area contributed by atoms with Gasteiger partial charge < -0.3 is 4.74 Å². The summed E-state index contributed by atoms with van der Waals surface area (Å²) in [5.74, 6) is 1.19. The Labute approximate surface area is 124 Å². The Morgan fingerprint density at radius 2 is 1.80 bits per heavy atom. The Bertz CT molecular complexity index is 807. The molecule has 20 heavy (non-hydrogen) atoms. The van der Waals surface area contributed by atoms with E-state index in [-0.39, 0.29) is 0 Å². The smallest absolute Gasteiger partial charge is 0.219 e. The maximum atomic E-state index is 8.72. The number of rotatable bonds is 2. The fourth-order valence-corrected chi connectivity index (χ4v) is 2.26. The van der Waals surface area contributed by atoms with Crippen LogP contribution in [-0.2, 0) is 0 Å². The summed E-state index contributed by atoms with van der Waals surface area (Å²) < 4.78 is 6.73. The van der Waals surface area contributed by atoms with Crippen LogP contribution in [0.4, 0.5) is 0 Å². The summed E-state index contributed by atoms with van der Waals surface area (Å²) in [4.78, 5) is 4.09. The molecule has 0 aliphatic heterocycles. The minimum Gasteiger partial charge on any atom is -0.439 e. The number of aromatic nitrogens is 1. The molecule has 0 atom stereocenters. The first-order valence-corrected chi connectivity index (χ1v) is 6.77. The number of hydrogen-bond donors (Lipinski definition) is 0. The molecule has 0 saturated heterocycles. The van der Waals surface area contributed by atoms with Crippen LogP contribution in [0.3, 0.4) is 0 Å². The Kier molecular flexibility index (Phi) is 3.36. The molecular formula is C16H9BrN2O. The van der Waals surface area contributed by atoms with Crippen LogP contribution in [0, 0.1) is 11.3 Å². The first-order valence-electron chi connectivity index (χ1n) is 5.98. The summed E-state index contributed by atoms with van der Waals surface area (Å²) in [6.07, 6.45) is 1.49. The molecule has 0 unspecified atom stereocenters. The number of ether oxygens (including phenoxy) is 1. The van der Waals surface area contributed by atoms with Crippen molar-refractivity contribution in [3.8, 4) is 17.7 Å². The zero-order valence-electron chi connectivity index (χ0n) is 10.4. The number of pyridine rings is 1. The molecule has 1 aromatic heterocycles. The standard InChI is InChI=1S/C16H9BrN2O/c17-14-4-2-13-8-15(5-3-12(13)7-14)20-16-6-1-11(9-18)10-19-16/h1-8,10H. The van der Waals surface area contributed by atoms with Gasteiger partial charge in [-0.15, -0.1) is 0 Å².